The molecule has 8 rings (SSSR count). The van der Waals surface area contributed by atoms with Crippen molar-refractivity contribution < 1.29 is 60.0 Å². The zero-order valence-electron chi connectivity index (χ0n) is 38.0. The number of aliphatic carboxylic acids is 1. The molecule has 0 radical (unpaired) electrons. The molecular formula is C48H58F3I3N10O4Pt2-3. The minimum atomic E-state index is -5.19. The van der Waals surface area contributed by atoms with Gasteiger partial charge in [0.05, 0.1) is 12.8 Å². The Labute approximate surface area is 459 Å². The Bertz CT molecular complexity index is 2190. The minimum Gasteiger partial charge on any atom is -0.676 e. The predicted molar refractivity (Wildman–Crippen MR) is 288 cm³/mol. The van der Waals surface area contributed by atoms with Gasteiger partial charge in [-0.2, -0.15) is 37.3 Å². The average molecular weight is 1670 g/mol. The van der Waals surface area contributed by atoms with E-state index >= 15 is 0 Å². The van der Waals surface area contributed by atoms with Crippen molar-refractivity contribution in [2.24, 2.45) is 0 Å². The van der Waals surface area contributed by atoms with Gasteiger partial charge in [0.2, 0.25) is 11.8 Å². The van der Waals surface area contributed by atoms with E-state index in [4.69, 9.17) is 32.8 Å². The van der Waals surface area contributed by atoms with Gasteiger partial charge in [-0.1, -0.05) is 87.8 Å². The van der Waals surface area contributed by atoms with Crippen LogP contribution in [0.15, 0.2) is 110 Å². The van der Waals surface area contributed by atoms with Gasteiger partial charge in [0.15, 0.2) is 0 Å². The number of para-hydroxylation sites is 2. The first kappa shape index (κ1) is 63.5. The first-order chi connectivity index (χ1) is 33.6. The number of hydrogen-bond acceptors (Lipinski definition) is 6. The normalized spacial score (nSPS) is 17.0. The maximum atomic E-state index is 11.9. The molecule has 4 atom stereocenters. The molecule has 8 N–H and O–H groups in total. The monoisotopic (exact) mass is 1670 g/mol. The van der Waals surface area contributed by atoms with Gasteiger partial charge < -0.3 is 53.4 Å². The fourth-order valence-electron chi connectivity index (χ4n) is 7.11. The van der Waals surface area contributed by atoms with Crippen LogP contribution in [0.4, 0.5) is 13.2 Å². The van der Waals surface area contributed by atoms with Crippen molar-refractivity contribution in [3.8, 4) is 0 Å². The quantitative estimate of drug-likeness (QED) is 0.0970. The molecule has 389 valence electrons. The number of nitrogens with zero attached hydrogens (tertiary/aromatic N) is 2. The topological polar surface area (TPSA) is 251 Å². The summed E-state index contributed by atoms with van der Waals surface area (Å²) < 4.78 is 31.5. The van der Waals surface area contributed by atoms with Crippen molar-refractivity contribution in [3.63, 3.8) is 0 Å². The maximum absolute atomic E-state index is 11.9. The van der Waals surface area contributed by atoms with Crippen LogP contribution in [0.25, 0.3) is 44.7 Å². The van der Waals surface area contributed by atoms with Crippen LogP contribution >= 0.6 is 58.1 Å². The van der Waals surface area contributed by atoms with Crippen molar-refractivity contribution in [1.29, 1.82) is 0 Å². The van der Waals surface area contributed by atoms with Crippen LogP contribution < -0.4 is 15.7 Å². The second-order valence-electron chi connectivity index (χ2n) is 15.8. The molecule has 4 heterocycles. The zero-order chi connectivity index (χ0) is 51.7. The standard InChI is InChI=1S/2C17H17N3O.2C6H12N2.C2HF3O2.3HI.2Pt/c2*21-17(11-13-5-8-18-9-6-13)19-10-7-14-12-20-16-4-2-1-3-15(14)16;2*7-5-3-1-2-4-6(5)8;3-2(4,5)1(6)7;;;;;/h2*1-6,8-9,12,20H,7,10-11H2,(H,19,21);2*5-8H,1-4H2;(H,6,7);3*1H;;/q;;2*-2;;;;;+1;+4/p-4/t;;2*5-,6+;;;;;;. The number of rotatable bonds is 10. The smallest absolute Gasteiger partial charge is 0.0548 e. The van der Waals surface area contributed by atoms with Gasteiger partial charge in [-0.05, 0) is 71.5 Å². The third-order valence-corrected chi connectivity index (χ3v) is 10.8. The summed E-state index contributed by atoms with van der Waals surface area (Å²) in [6.07, 6.45) is 16.6. The third-order valence-electron chi connectivity index (χ3n) is 10.8. The van der Waals surface area contributed by atoms with Crippen molar-refractivity contribution in [3.05, 3.63) is 155 Å². The molecule has 0 spiro atoms. The molecule has 0 aliphatic heterocycles. The number of benzene rings is 2. The van der Waals surface area contributed by atoms with E-state index in [1.807, 2.05) is 60.9 Å². The fourth-order valence-corrected chi connectivity index (χ4v) is 7.11. The van der Waals surface area contributed by atoms with Gasteiger partial charge in [0.25, 0.3) is 0 Å². The fraction of sp³-hybridized carbons (Fsp3) is 0.396. The molecular weight excluding hydrogens is 1610 g/mol. The molecule has 70 heavy (non-hydrogen) atoms. The number of alkyl halides is 3. The number of nitrogens with one attached hydrogen (secondary N) is 8. The summed E-state index contributed by atoms with van der Waals surface area (Å²) in [4.78, 5) is 46.9. The van der Waals surface area contributed by atoms with Crippen LogP contribution in [0.5, 0.6) is 0 Å². The number of aromatic nitrogens is 4. The number of pyridine rings is 2. The zero-order valence-corrected chi connectivity index (χ0v) is 49.0. The van der Waals surface area contributed by atoms with Crippen LogP contribution in [0.3, 0.4) is 0 Å². The summed E-state index contributed by atoms with van der Waals surface area (Å²) >= 11 is 9.53. The molecule has 2 aliphatic carbocycles. The molecule has 2 aliphatic rings. The number of carboxylic acids is 1. The number of aromatic amines is 2. The van der Waals surface area contributed by atoms with Crippen molar-refractivity contribution in [2.45, 2.75) is 107 Å². The Morgan fingerprint density at radius 1 is 0.629 bits per heavy atom. The average Bonchev–Trinajstić information content (AvgIpc) is 3.97. The Hall–Kier alpha value is -2.57. The van der Waals surface area contributed by atoms with E-state index in [0.717, 1.165) is 60.7 Å². The van der Waals surface area contributed by atoms with Gasteiger partial charge in [-0.15, -0.1) is 0 Å². The Balaban J connectivity index is 0.000000316. The van der Waals surface area contributed by atoms with Gasteiger partial charge in [-0.3, -0.25) is 19.6 Å². The van der Waals surface area contributed by atoms with E-state index in [2.05, 4.69) is 129 Å². The van der Waals surface area contributed by atoms with E-state index < -0.39 is 12.1 Å². The van der Waals surface area contributed by atoms with Crippen LogP contribution in [-0.2, 0) is 67.4 Å². The predicted octanol–water partition coefficient (Wildman–Crippen LogP) is 11.7. The van der Waals surface area contributed by atoms with E-state index in [-0.39, 0.29) is 36.0 Å². The summed E-state index contributed by atoms with van der Waals surface area (Å²) in [6.45, 7) is 1.29. The number of amides is 2. The first-order valence-corrected chi connectivity index (χ1v) is 41.4. The van der Waals surface area contributed by atoms with E-state index in [9.17, 15) is 22.8 Å². The number of carbonyl (C=O) groups excluding carboxylic acids is 3. The Morgan fingerprint density at radius 3 is 1.21 bits per heavy atom. The molecule has 2 amide bonds. The van der Waals surface area contributed by atoms with Crippen molar-refractivity contribution >= 4 is 97.6 Å². The summed E-state index contributed by atoms with van der Waals surface area (Å²) in [5.74, 6) is -2.92. The first-order valence-electron chi connectivity index (χ1n) is 22.1. The third kappa shape index (κ3) is 26.4. The van der Waals surface area contributed by atoms with Crippen LogP contribution in [0.2, 0.25) is 0 Å². The molecule has 14 nitrogen and oxygen atoms in total. The molecule has 2 fully saturated rings. The summed E-state index contributed by atoms with van der Waals surface area (Å²) in [5.41, 5.74) is 35.9. The molecule has 22 heteroatoms. The molecule has 0 unspecified atom stereocenters. The number of hydrogen-bond donors (Lipinski definition) is 4. The van der Waals surface area contributed by atoms with E-state index in [0.29, 0.717) is 37.1 Å². The minimum absolute atomic E-state index is 0.0426. The van der Waals surface area contributed by atoms with Crippen LogP contribution in [0, 0.1) is 0 Å². The molecule has 0 saturated heterocycles. The second-order valence-corrected chi connectivity index (χ2v) is 32.4. The van der Waals surface area contributed by atoms with Crippen LogP contribution in [-0.4, -0.2) is 81.2 Å². The van der Waals surface area contributed by atoms with Crippen molar-refractivity contribution in [1.82, 2.24) is 30.6 Å². The number of carbonyl (C=O) groups is 3. The molecule has 6 aromatic rings. The number of fused-ring (bicyclic) bond motifs is 2. The summed E-state index contributed by atoms with van der Waals surface area (Å²) in [6, 6.07) is 23.5. The SMILES string of the molecule is O=C(Cc1ccncc1)NCCc1c[nH]c2ccccc12.O=C(Cc1ccncc1)NCCc1c[nH]c2ccccc12.O=C([O-])C(F)(F)F.[I][Pt+2][I].[I][Pt].[NH-][C@@H]1CCCC[C@@H]1[NH-].[NH-][C@@H]1CCCC[C@@H]1[NH-]. The van der Waals surface area contributed by atoms with Crippen LogP contribution in [0.1, 0.15) is 73.6 Å². The Morgan fingerprint density at radius 2 is 0.929 bits per heavy atom. The van der Waals surface area contributed by atoms with Gasteiger partial charge in [0, 0.05) is 72.1 Å². The molecule has 4 aromatic heterocycles. The number of halogens is 6. The van der Waals surface area contributed by atoms with Gasteiger partial charge in [0.1, 0.15) is 5.97 Å². The second kappa shape index (κ2) is 37.2. The van der Waals surface area contributed by atoms with E-state index in [1.54, 1.807) is 24.8 Å². The molecule has 0 bridgehead atoms. The number of H-pyrrole nitrogens is 2. The Kier molecular flexibility index (Phi) is 33.8. The van der Waals surface area contributed by atoms with E-state index in [1.165, 1.54) is 47.6 Å². The number of carboxylic acid groups (broad SMARTS) is 1. The largest absolute Gasteiger partial charge is 0.676 e. The summed E-state index contributed by atoms with van der Waals surface area (Å²) in [5, 5.41) is 17.2. The maximum Gasteiger partial charge on any atom is -0.0548 e. The summed E-state index contributed by atoms with van der Waals surface area (Å²) in [7, 11) is 0. The van der Waals surface area contributed by atoms with Crippen molar-refractivity contribution in [2.75, 3.05) is 13.1 Å². The molecule has 2 aromatic carbocycles. The molecule has 2 saturated carbocycles. The van der Waals surface area contributed by atoms with Gasteiger partial charge in [-0.25, -0.2) is 0 Å². The van der Waals surface area contributed by atoms with Gasteiger partial charge >= 0.3 is 91.6 Å².